The number of nitrogens with zero attached hydrogens (tertiary/aromatic N) is 3. The standard InChI is InChI=1S/C15H21N3O3/c1-10-11(15(20)21-4)7-8-13(16-10)18-9-5-6-12(18)14(19)17(2)3/h7-8,12H,5-6,9H2,1-4H3. The molecule has 0 aromatic carbocycles. The van der Waals surface area contributed by atoms with Crippen molar-refractivity contribution in [1.29, 1.82) is 0 Å². The molecule has 0 saturated carbocycles. The second-order valence-corrected chi connectivity index (χ2v) is 5.38. The lowest BCUT2D eigenvalue weighted by atomic mass is 10.2. The van der Waals surface area contributed by atoms with Gasteiger partial charge < -0.3 is 14.5 Å². The molecule has 2 rings (SSSR count). The Balaban J connectivity index is 2.27. The van der Waals surface area contributed by atoms with E-state index in [4.69, 9.17) is 4.74 Å². The van der Waals surface area contributed by atoms with E-state index in [1.807, 2.05) is 4.90 Å². The Kier molecular flexibility index (Phi) is 4.45. The number of methoxy groups -OCH3 is 1. The van der Waals surface area contributed by atoms with Crippen LogP contribution in [-0.2, 0) is 9.53 Å². The number of hydrogen-bond donors (Lipinski definition) is 0. The fourth-order valence-corrected chi connectivity index (χ4v) is 2.63. The van der Waals surface area contributed by atoms with Crippen LogP contribution >= 0.6 is 0 Å². The van der Waals surface area contributed by atoms with Crippen molar-refractivity contribution >= 4 is 17.7 Å². The van der Waals surface area contributed by atoms with Crippen LogP contribution in [-0.4, -0.2) is 55.6 Å². The first kappa shape index (κ1) is 15.3. The van der Waals surface area contributed by atoms with Crippen LogP contribution in [0.2, 0.25) is 0 Å². The van der Waals surface area contributed by atoms with Gasteiger partial charge in [0.05, 0.1) is 18.4 Å². The Morgan fingerprint density at radius 1 is 1.38 bits per heavy atom. The Morgan fingerprint density at radius 2 is 2.10 bits per heavy atom. The number of carbonyl (C=O) groups is 2. The number of amides is 1. The van der Waals surface area contributed by atoms with E-state index in [1.165, 1.54) is 7.11 Å². The number of carbonyl (C=O) groups excluding carboxylic acids is 2. The fraction of sp³-hybridized carbons (Fsp3) is 0.533. The van der Waals surface area contributed by atoms with E-state index in [9.17, 15) is 9.59 Å². The zero-order valence-electron chi connectivity index (χ0n) is 12.9. The number of aryl methyl sites for hydroxylation is 1. The van der Waals surface area contributed by atoms with Crippen LogP contribution < -0.4 is 4.90 Å². The van der Waals surface area contributed by atoms with Gasteiger partial charge in [-0.1, -0.05) is 0 Å². The lowest BCUT2D eigenvalue weighted by molar-refractivity contribution is -0.129. The third-order valence-electron chi connectivity index (χ3n) is 3.75. The van der Waals surface area contributed by atoms with Crippen LogP contribution in [0.4, 0.5) is 5.82 Å². The van der Waals surface area contributed by atoms with Gasteiger partial charge in [0, 0.05) is 20.6 Å². The van der Waals surface area contributed by atoms with E-state index in [-0.39, 0.29) is 11.9 Å². The first-order chi connectivity index (χ1) is 9.95. The maximum atomic E-state index is 12.2. The number of rotatable bonds is 3. The molecule has 1 fully saturated rings. The number of pyridine rings is 1. The number of hydrogen-bond acceptors (Lipinski definition) is 5. The van der Waals surface area contributed by atoms with Crippen LogP contribution in [0.15, 0.2) is 12.1 Å². The maximum Gasteiger partial charge on any atom is 0.339 e. The number of esters is 1. The second kappa shape index (κ2) is 6.11. The van der Waals surface area contributed by atoms with Gasteiger partial charge in [0.25, 0.3) is 0 Å². The number of ether oxygens (including phenoxy) is 1. The maximum absolute atomic E-state index is 12.2. The number of aromatic nitrogens is 1. The summed E-state index contributed by atoms with van der Waals surface area (Å²) in [6, 6.07) is 3.32. The summed E-state index contributed by atoms with van der Waals surface area (Å²) < 4.78 is 4.72. The van der Waals surface area contributed by atoms with Gasteiger partial charge in [-0.3, -0.25) is 4.79 Å². The van der Waals surface area contributed by atoms with Crippen molar-refractivity contribution in [2.75, 3.05) is 32.6 Å². The Labute approximate surface area is 124 Å². The third-order valence-corrected chi connectivity index (χ3v) is 3.75. The highest BCUT2D eigenvalue weighted by Gasteiger charge is 2.32. The van der Waals surface area contributed by atoms with Crippen molar-refractivity contribution < 1.29 is 14.3 Å². The average Bonchev–Trinajstić information content (AvgIpc) is 2.94. The van der Waals surface area contributed by atoms with Gasteiger partial charge in [0.2, 0.25) is 5.91 Å². The van der Waals surface area contributed by atoms with Crippen LogP contribution in [0.25, 0.3) is 0 Å². The molecular weight excluding hydrogens is 270 g/mol. The summed E-state index contributed by atoms with van der Waals surface area (Å²) in [6.07, 6.45) is 1.79. The zero-order valence-corrected chi connectivity index (χ0v) is 12.9. The van der Waals surface area contributed by atoms with Crippen LogP contribution in [0.1, 0.15) is 28.9 Å². The molecule has 6 nitrogen and oxygen atoms in total. The quantitative estimate of drug-likeness (QED) is 0.784. The molecule has 21 heavy (non-hydrogen) atoms. The van der Waals surface area contributed by atoms with Crippen molar-refractivity contribution in [3.8, 4) is 0 Å². The van der Waals surface area contributed by atoms with Crippen LogP contribution in [0.3, 0.4) is 0 Å². The summed E-state index contributed by atoms with van der Waals surface area (Å²) in [5.74, 6) is 0.427. The summed E-state index contributed by atoms with van der Waals surface area (Å²) in [4.78, 5) is 31.9. The van der Waals surface area contributed by atoms with E-state index in [1.54, 1.807) is 38.1 Å². The summed E-state index contributed by atoms with van der Waals surface area (Å²) in [6.45, 7) is 2.57. The van der Waals surface area contributed by atoms with Crippen molar-refractivity contribution in [3.05, 3.63) is 23.4 Å². The molecule has 1 saturated heterocycles. The first-order valence-electron chi connectivity index (χ1n) is 6.99. The summed E-state index contributed by atoms with van der Waals surface area (Å²) in [5.41, 5.74) is 1.07. The molecule has 0 bridgehead atoms. The highest BCUT2D eigenvalue weighted by Crippen LogP contribution is 2.26. The molecule has 114 valence electrons. The zero-order chi connectivity index (χ0) is 15.6. The van der Waals surface area contributed by atoms with Crippen molar-refractivity contribution in [1.82, 2.24) is 9.88 Å². The molecule has 1 aromatic heterocycles. The lowest BCUT2D eigenvalue weighted by Crippen LogP contribution is -2.43. The first-order valence-corrected chi connectivity index (χ1v) is 6.99. The smallest absolute Gasteiger partial charge is 0.339 e. The van der Waals surface area contributed by atoms with Gasteiger partial charge in [-0.25, -0.2) is 9.78 Å². The van der Waals surface area contributed by atoms with E-state index < -0.39 is 5.97 Å². The minimum Gasteiger partial charge on any atom is -0.465 e. The molecule has 0 spiro atoms. The average molecular weight is 291 g/mol. The van der Waals surface area contributed by atoms with Gasteiger partial charge in [-0.15, -0.1) is 0 Å². The molecular formula is C15H21N3O3. The molecule has 6 heteroatoms. The molecule has 2 heterocycles. The van der Waals surface area contributed by atoms with Gasteiger partial charge in [-0.05, 0) is 31.9 Å². The van der Waals surface area contributed by atoms with Gasteiger partial charge in [-0.2, -0.15) is 0 Å². The van der Waals surface area contributed by atoms with Gasteiger partial charge in [0.15, 0.2) is 0 Å². The van der Waals surface area contributed by atoms with Crippen LogP contribution in [0, 0.1) is 6.92 Å². The van der Waals surface area contributed by atoms with E-state index in [2.05, 4.69) is 4.98 Å². The minimum atomic E-state index is -0.395. The van der Waals surface area contributed by atoms with E-state index >= 15 is 0 Å². The Bertz CT molecular complexity index is 557. The highest BCUT2D eigenvalue weighted by atomic mass is 16.5. The van der Waals surface area contributed by atoms with Crippen LogP contribution in [0.5, 0.6) is 0 Å². The van der Waals surface area contributed by atoms with Crippen molar-refractivity contribution in [2.24, 2.45) is 0 Å². The SMILES string of the molecule is COC(=O)c1ccc(N2CCCC2C(=O)N(C)C)nc1C. The molecule has 1 unspecified atom stereocenters. The molecule has 0 radical (unpaired) electrons. The molecule has 1 aliphatic heterocycles. The lowest BCUT2D eigenvalue weighted by Gasteiger charge is -2.27. The van der Waals surface area contributed by atoms with Gasteiger partial charge in [0.1, 0.15) is 11.9 Å². The van der Waals surface area contributed by atoms with Crippen molar-refractivity contribution in [3.63, 3.8) is 0 Å². The summed E-state index contributed by atoms with van der Waals surface area (Å²) >= 11 is 0. The van der Waals surface area contributed by atoms with E-state index in [0.717, 1.165) is 25.2 Å². The Hall–Kier alpha value is -2.11. The highest BCUT2D eigenvalue weighted by molar-refractivity contribution is 5.91. The molecule has 0 aliphatic carbocycles. The number of likely N-dealkylation sites (N-methyl/N-ethyl adjacent to an activating group) is 1. The predicted molar refractivity (Wildman–Crippen MR) is 79.4 cm³/mol. The normalized spacial score (nSPS) is 17.7. The number of anilines is 1. The molecule has 1 amide bonds. The van der Waals surface area contributed by atoms with Gasteiger partial charge >= 0.3 is 5.97 Å². The van der Waals surface area contributed by atoms with E-state index in [0.29, 0.717) is 11.3 Å². The predicted octanol–water partition coefficient (Wildman–Crippen LogP) is 1.23. The summed E-state index contributed by atoms with van der Waals surface area (Å²) in [5, 5.41) is 0. The molecule has 0 N–H and O–H groups in total. The summed E-state index contributed by atoms with van der Waals surface area (Å²) in [7, 11) is 4.87. The molecule has 1 atom stereocenters. The largest absolute Gasteiger partial charge is 0.465 e. The molecule has 1 aliphatic rings. The third kappa shape index (κ3) is 2.99. The van der Waals surface area contributed by atoms with Crippen molar-refractivity contribution in [2.45, 2.75) is 25.8 Å². The fourth-order valence-electron chi connectivity index (χ4n) is 2.63. The minimum absolute atomic E-state index is 0.0870. The second-order valence-electron chi connectivity index (χ2n) is 5.38. The monoisotopic (exact) mass is 291 g/mol. The topological polar surface area (TPSA) is 62.7 Å². The molecule has 1 aromatic rings. The Morgan fingerprint density at radius 3 is 2.67 bits per heavy atom.